The van der Waals surface area contributed by atoms with Gasteiger partial charge in [0.25, 0.3) is 0 Å². The second-order valence-corrected chi connectivity index (χ2v) is 5.06. The van der Waals surface area contributed by atoms with Crippen LogP contribution in [-0.2, 0) is 0 Å². The molecule has 18 heavy (non-hydrogen) atoms. The predicted molar refractivity (Wildman–Crippen MR) is 72.2 cm³/mol. The van der Waals surface area contributed by atoms with Crippen molar-refractivity contribution in [3.63, 3.8) is 0 Å². The molecule has 0 saturated carbocycles. The number of carbonyl (C=O) groups excluding carboxylic acids is 1. The minimum Gasteiger partial charge on any atom is -0.492 e. The van der Waals surface area contributed by atoms with Crippen molar-refractivity contribution >= 4 is 6.29 Å². The van der Waals surface area contributed by atoms with E-state index in [1.807, 2.05) is 12.1 Å². The highest BCUT2D eigenvalue weighted by molar-refractivity contribution is 5.75. The standard InChI is InChI=1S/C15H21NO2/c1-13-5-7-16(8-6-13)9-10-18-15-4-2-3-14(11-15)12-17/h2-4,11-13H,5-10H2,1H3. The van der Waals surface area contributed by atoms with Crippen molar-refractivity contribution in [3.8, 4) is 5.75 Å². The molecule has 0 aliphatic carbocycles. The van der Waals surface area contributed by atoms with E-state index in [0.29, 0.717) is 12.2 Å². The van der Waals surface area contributed by atoms with Gasteiger partial charge in [0.1, 0.15) is 18.6 Å². The predicted octanol–water partition coefficient (Wildman–Crippen LogP) is 2.61. The van der Waals surface area contributed by atoms with E-state index < -0.39 is 0 Å². The number of rotatable bonds is 5. The molecule has 3 heteroatoms. The first-order valence-electron chi connectivity index (χ1n) is 6.68. The number of hydrogen-bond donors (Lipinski definition) is 0. The number of carbonyl (C=O) groups is 1. The van der Waals surface area contributed by atoms with E-state index in [2.05, 4.69) is 11.8 Å². The Kier molecular flexibility index (Phi) is 4.76. The van der Waals surface area contributed by atoms with E-state index in [9.17, 15) is 4.79 Å². The molecule has 0 spiro atoms. The molecule has 1 heterocycles. The Balaban J connectivity index is 1.73. The largest absolute Gasteiger partial charge is 0.492 e. The quantitative estimate of drug-likeness (QED) is 0.749. The zero-order chi connectivity index (χ0) is 12.8. The Labute approximate surface area is 109 Å². The van der Waals surface area contributed by atoms with Crippen molar-refractivity contribution in [2.24, 2.45) is 5.92 Å². The van der Waals surface area contributed by atoms with Gasteiger partial charge in [-0.2, -0.15) is 0 Å². The van der Waals surface area contributed by atoms with Crippen LogP contribution in [0.3, 0.4) is 0 Å². The maximum Gasteiger partial charge on any atom is 0.150 e. The maximum absolute atomic E-state index is 10.6. The average Bonchev–Trinajstić information content (AvgIpc) is 2.41. The molecular weight excluding hydrogens is 226 g/mol. The van der Waals surface area contributed by atoms with Crippen molar-refractivity contribution < 1.29 is 9.53 Å². The summed E-state index contributed by atoms with van der Waals surface area (Å²) in [6, 6.07) is 7.31. The molecule has 0 N–H and O–H groups in total. The lowest BCUT2D eigenvalue weighted by atomic mass is 9.99. The molecule has 1 aliphatic heterocycles. The third-order valence-corrected chi connectivity index (χ3v) is 3.55. The Morgan fingerprint density at radius 1 is 1.39 bits per heavy atom. The molecule has 0 aromatic heterocycles. The minimum absolute atomic E-state index is 0.666. The van der Waals surface area contributed by atoms with Gasteiger partial charge in [-0.15, -0.1) is 0 Å². The van der Waals surface area contributed by atoms with Crippen LogP contribution in [0.2, 0.25) is 0 Å². The summed E-state index contributed by atoms with van der Waals surface area (Å²) in [5.74, 6) is 1.65. The normalized spacial score (nSPS) is 17.6. The van der Waals surface area contributed by atoms with Crippen LogP contribution < -0.4 is 4.74 Å². The number of aldehydes is 1. The van der Waals surface area contributed by atoms with Crippen LogP contribution in [0.5, 0.6) is 5.75 Å². The SMILES string of the molecule is CC1CCN(CCOc2cccc(C=O)c2)CC1. The smallest absolute Gasteiger partial charge is 0.150 e. The van der Waals surface area contributed by atoms with Crippen LogP contribution in [0, 0.1) is 5.92 Å². The van der Waals surface area contributed by atoms with Crippen molar-refractivity contribution in [3.05, 3.63) is 29.8 Å². The van der Waals surface area contributed by atoms with Crippen LogP contribution >= 0.6 is 0 Å². The second kappa shape index (κ2) is 6.55. The molecule has 1 aromatic rings. The summed E-state index contributed by atoms with van der Waals surface area (Å²) in [4.78, 5) is 13.1. The number of hydrogen-bond acceptors (Lipinski definition) is 3. The lowest BCUT2D eigenvalue weighted by Gasteiger charge is -2.29. The molecule has 0 bridgehead atoms. The molecule has 98 valence electrons. The first-order valence-corrected chi connectivity index (χ1v) is 6.68. The molecule has 1 aromatic carbocycles. The summed E-state index contributed by atoms with van der Waals surface area (Å²) in [6.45, 7) is 6.34. The Hall–Kier alpha value is -1.35. The zero-order valence-electron chi connectivity index (χ0n) is 11.0. The van der Waals surface area contributed by atoms with Crippen LogP contribution in [0.4, 0.5) is 0 Å². The number of piperidine rings is 1. The van der Waals surface area contributed by atoms with Gasteiger partial charge < -0.3 is 4.74 Å². The molecule has 0 unspecified atom stereocenters. The summed E-state index contributed by atoms with van der Waals surface area (Å²) in [5.41, 5.74) is 0.666. The maximum atomic E-state index is 10.6. The number of nitrogens with zero attached hydrogens (tertiary/aromatic N) is 1. The van der Waals surface area contributed by atoms with Crippen molar-refractivity contribution in [1.29, 1.82) is 0 Å². The summed E-state index contributed by atoms with van der Waals surface area (Å²) in [5, 5.41) is 0. The molecule has 1 saturated heterocycles. The topological polar surface area (TPSA) is 29.5 Å². The van der Waals surface area contributed by atoms with Gasteiger partial charge in [0.2, 0.25) is 0 Å². The highest BCUT2D eigenvalue weighted by Gasteiger charge is 2.14. The lowest BCUT2D eigenvalue weighted by Crippen LogP contribution is -2.35. The highest BCUT2D eigenvalue weighted by Crippen LogP contribution is 2.16. The molecule has 0 amide bonds. The van der Waals surface area contributed by atoms with Gasteiger partial charge in [-0.1, -0.05) is 19.1 Å². The van der Waals surface area contributed by atoms with E-state index in [4.69, 9.17) is 4.74 Å². The Bertz CT molecular complexity index is 384. The van der Waals surface area contributed by atoms with E-state index in [-0.39, 0.29) is 0 Å². The number of benzene rings is 1. The Morgan fingerprint density at radius 3 is 2.89 bits per heavy atom. The fourth-order valence-electron chi connectivity index (χ4n) is 2.26. The monoisotopic (exact) mass is 247 g/mol. The zero-order valence-corrected chi connectivity index (χ0v) is 11.0. The van der Waals surface area contributed by atoms with Crippen LogP contribution in [0.25, 0.3) is 0 Å². The molecule has 1 aliphatic rings. The van der Waals surface area contributed by atoms with Gasteiger partial charge in [0, 0.05) is 12.1 Å². The van der Waals surface area contributed by atoms with Gasteiger partial charge in [0.05, 0.1) is 0 Å². The Morgan fingerprint density at radius 2 is 2.17 bits per heavy atom. The third kappa shape index (κ3) is 3.84. The summed E-state index contributed by atoms with van der Waals surface area (Å²) >= 11 is 0. The lowest BCUT2D eigenvalue weighted by molar-refractivity contribution is 0.112. The molecule has 3 nitrogen and oxygen atoms in total. The first kappa shape index (κ1) is 13.1. The summed E-state index contributed by atoms with van der Waals surface area (Å²) < 4.78 is 5.68. The fraction of sp³-hybridized carbons (Fsp3) is 0.533. The van der Waals surface area contributed by atoms with Crippen molar-refractivity contribution in [2.45, 2.75) is 19.8 Å². The van der Waals surface area contributed by atoms with Gasteiger partial charge >= 0.3 is 0 Å². The summed E-state index contributed by atoms with van der Waals surface area (Å²) in [6.07, 6.45) is 3.43. The van der Waals surface area contributed by atoms with Gasteiger partial charge in [-0.25, -0.2) is 0 Å². The molecule has 0 radical (unpaired) electrons. The average molecular weight is 247 g/mol. The third-order valence-electron chi connectivity index (χ3n) is 3.55. The van der Waals surface area contributed by atoms with E-state index in [1.165, 1.54) is 25.9 Å². The van der Waals surface area contributed by atoms with Crippen molar-refractivity contribution in [2.75, 3.05) is 26.2 Å². The fourth-order valence-corrected chi connectivity index (χ4v) is 2.26. The van der Waals surface area contributed by atoms with Crippen LogP contribution in [-0.4, -0.2) is 37.4 Å². The highest BCUT2D eigenvalue weighted by atomic mass is 16.5. The van der Waals surface area contributed by atoms with E-state index in [0.717, 1.165) is 24.5 Å². The van der Waals surface area contributed by atoms with Gasteiger partial charge in [-0.3, -0.25) is 9.69 Å². The van der Waals surface area contributed by atoms with E-state index >= 15 is 0 Å². The molecule has 1 fully saturated rings. The molecule has 2 rings (SSSR count). The second-order valence-electron chi connectivity index (χ2n) is 5.06. The van der Waals surface area contributed by atoms with Crippen LogP contribution in [0.1, 0.15) is 30.1 Å². The summed E-state index contributed by atoms with van der Waals surface area (Å²) in [7, 11) is 0. The number of ether oxygens (including phenoxy) is 1. The minimum atomic E-state index is 0.666. The van der Waals surface area contributed by atoms with Gasteiger partial charge in [-0.05, 0) is 44.0 Å². The molecule has 0 atom stereocenters. The van der Waals surface area contributed by atoms with Crippen molar-refractivity contribution in [1.82, 2.24) is 4.90 Å². The molecular formula is C15H21NO2. The van der Waals surface area contributed by atoms with E-state index in [1.54, 1.807) is 12.1 Å². The first-order chi connectivity index (χ1) is 8.78. The van der Waals surface area contributed by atoms with Crippen LogP contribution in [0.15, 0.2) is 24.3 Å². The number of likely N-dealkylation sites (tertiary alicyclic amines) is 1. The van der Waals surface area contributed by atoms with Gasteiger partial charge in [0.15, 0.2) is 0 Å².